The molecule has 0 radical (unpaired) electrons. The summed E-state index contributed by atoms with van der Waals surface area (Å²) in [5.74, 6) is 0.983. The van der Waals surface area contributed by atoms with Gasteiger partial charge in [0.1, 0.15) is 11.5 Å². The van der Waals surface area contributed by atoms with E-state index in [9.17, 15) is 13.6 Å². The lowest BCUT2D eigenvalue weighted by Gasteiger charge is -2.15. The largest absolute Gasteiger partial charge is 0.454 e. The van der Waals surface area contributed by atoms with Crippen LogP contribution in [0.3, 0.4) is 0 Å². The molecule has 1 aromatic carbocycles. The van der Waals surface area contributed by atoms with Crippen LogP contribution in [-0.4, -0.2) is 32.3 Å². The first-order valence-corrected chi connectivity index (χ1v) is 8.16. The molecule has 4 N–H and O–H groups in total. The van der Waals surface area contributed by atoms with Crippen molar-refractivity contribution < 1.29 is 32.2 Å². The highest BCUT2D eigenvalue weighted by Gasteiger charge is 2.20. The van der Waals surface area contributed by atoms with Gasteiger partial charge in [-0.15, -0.1) is 24.0 Å². The van der Waals surface area contributed by atoms with Crippen LogP contribution in [0.15, 0.2) is 33.7 Å². The molecular formula is C17H19F2IN4O5. The number of furan rings is 1. The zero-order valence-electron chi connectivity index (χ0n) is 15.2. The Morgan fingerprint density at radius 3 is 2.55 bits per heavy atom. The van der Waals surface area contributed by atoms with Crippen molar-refractivity contribution in [2.45, 2.75) is 19.7 Å². The van der Waals surface area contributed by atoms with Gasteiger partial charge < -0.3 is 35.0 Å². The Morgan fingerprint density at radius 1 is 1.24 bits per heavy atom. The van der Waals surface area contributed by atoms with Gasteiger partial charge in [0.25, 0.3) is 5.91 Å². The molecule has 9 nitrogen and oxygen atoms in total. The van der Waals surface area contributed by atoms with E-state index >= 15 is 0 Å². The van der Waals surface area contributed by atoms with E-state index in [1.165, 1.54) is 12.1 Å². The normalized spacial score (nSPS) is 12.5. The predicted octanol–water partition coefficient (Wildman–Crippen LogP) is 2.19. The molecule has 3 rings (SSSR count). The minimum atomic E-state index is -2.98. The Labute approximate surface area is 181 Å². The monoisotopic (exact) mass is 524 g/mol. The molecule has 1 amide bonds. The Hall–Kier alpha value is -2.77. The number of halogens is 3. The number of hydrogen-bond acceptors (Lipinski definition) is 6. The second kappa shape index (κ2) is 10.1. The van der Waals surface area contributed by atoms with E-state index in [1.54, 1.807) is 19.2 Å². The van der Waals surface area contributed by atoms with Crippen molar-refractivity contribution in [3.05, 3.63) is 41.3 Å². The minimum Gasteiger partial charge on any atom is -0.454 e. The van der Waals surface area contributed by atoms with Gasteiger partial charge >= 0.3 is 6.61 Å². The first-order chi connectivity index (χ1) is 13.5. The van der Waals surface area contributed by atoms with Gasteiger partial charge in [0, 0.05) is 25.2 Å². The lowest BCUT2D eigenvalue weighted by atomic mass is 10.1. The summed E-state index contributed by atoms with van der Waals surface area (Å²) in [6.45, 7) is -2.60. The highest BCUT2D eigenvalue weighted by molar-refractivity contribution is 14.0. The standard InChI is InChI=1S/C17H18F2N4O5.HI/c1-21-17(23-7-10-2-3-11(27-10)15(20)24)22-6-9-4-13-14(26-8-25-13)5-12(9)28-16(18)19;/h2-5,16H,6-8H2,1H3,(H2,20,24)(H2,21,22,23);1H. The third-order valence-corrected chi connectivity index (χ3v) is 3.78. The van der Waals surface area contributed by atoms with Gasteiger partial charge in [0.15, 0.2) is 23.2 Å². The third kappa shape index (κ3) is 5.85. The quantitative estimate of drug-likeness (QED) is 0.289. The van der Waals surface area contributed by atoms with Gasteiger partial charge in [0.05, 0.1) is 6.54 Å². The van der Waals surface area contributed by atoms with Crippen LogP contribution in [0, 0.1) is 0 Å². The van der Waals surface area contributed by atoms with E-state index < -0.39 is 12.5 Å². The number of alkyl halides is 2. The van der Waals surface area contributed by atoms with Crippen molar-refractivity contribution in [3.63, 3.8) is 0 Å². The number of aliphatic imine (C=N–C) groups is 1. The van der Waals surface area contributed by atoms with Gasteiger partial charge in [0.2, 0.25) is 6.79 Å². The Balaban J connectivity index is 0.00000300. The van der Waals surface area contributed by atoms with Gasteiger partial charge in [-0.05, 0) is 18.2 Å². The van der Waals surface area contributed by atoms with Crippen LogP contribution in [0.25, 0.3) is 0 Å². The highest BCUT2D eigenvalue weighted by atomic mass is 127. The molecule has 0 aliphatic carbocycles. The fourth-order valence-electron chi connectivity index (χ4n) is 2.49. The summed E-state index contributed by atoms with van der Waals surface area (Å²) in [4.78, 5) is 15.1. The first kappa shape index (κ1) is 22.5. The molecule has 1 aliphatic rings. The zero-order valence-corrected chi connectivity index (χ0v) is 17.6. The Kier molecular flexibility index (Phi) is 7.87. The number of carbonyl (C=O) groups excluding carboxylic acids is 1. The van der Waals surface area contributed by atoms with E-state index in [1.807, 2.05) is 0 Å². The van der Waals surface area contributed by atoms with Gasteiger partial charge in [-0.1, -0.05) is 0 Å². The Bertz CT molecular complexity index is 891. The summed E-state index contributed by atoms with van der Waals surface area (Å²) < 4.78 is 45.7. The van der Waals surface area contributed by atoms with Crippen LogP contribution in [0.4, 0.5) is 8.78 Å². The Morgan fingerprint density at radius 2 is 1.93 bits per heavy atom. The predicted molar refractivity (Wildman–Crippen MR) is 109 cm³/mol. The van der Waals surface area contributed by atoms with Crippen LogP contribution in [0.5, 0.6) is 17.2 Å². The smallest absolute Gasteiger partial charge is 0.387 e. The van der Waals surface area contributed by atoms with Crippen LogP contribution >= 0.6 is 24.0 Å². The average molecular weight is 524 g/mol. The molecule has 1 aromatic heterocycles. The number of carbonyl (C=O) groups is 1. The summed E-state index contributed by atoms with van der Waals surface area (Å²) >= 11 is 0. The molecule has 0 spiro atoms. The second-order valence-electron chi connectivity index (χ2n) is 5.60. The molecule has 29 heavy (non-hydrogen) atoms. The average Bonchev–Trinajstić information content (AvgIpc) is 3.30. The number of ether oxygens (including phenoxy) is 3. The van der Waals surface area contributed by atoms with E-state index in [4.69, 9.17) is 19.6 Å². The summed E-state index contributed by atoms with van der Waals surface area (Å²) in [5.41, 5.74) is 5.57. The number of nitrogens with one attached hydrogen (secondary N) is 2. The van der Waals surface area contributed by atoms with Gasteiger partial charge in [-0.2, -0.15) is 8.78 Å². The van der Waals surface area contributed by atoms with E-state index in [0.717, 1.165) is 0 Å². The maximum atomic E-state index is 12.7. The lowest BCUT2D eigenvalue weighted by Crippen LogP contribution is -2.36. The van der Waals surface area contributed by atoms with Crippen molar-refractivity contribution in [2.24, 2.45) is 10.7 Å². The van der Waals surface area contributed by atoms with Gasteiger partial charge in [-0.3, -0.25) is 9.79 Å². The number of fused-ring (bicyclic) bond motifs is 1. The fraction of sp³-hybridized carbons (Fsp3) is 0.294. The van der Waals surface area contributed by atoms with Crippen molar-refractivity contribution in [2.75, 3.05) is 13.8 Å². The maximum Gasteiger partial charge on any atom is 0.387 e. The van der Waals surface area contributed by atoms with Crippen LogP contribution in [-0.2, 0) is 13.1 Å². The van der Waals surface area contributed by atoms with E-state index in [0.29, 0.717) is 28.8 Å². The molecule has 12 heteroatoms. The third-order valence-electron chi connectivity index (χ3n) is 3.78. The topological polar surface area (TPSA) is 120 Å². The van der Waals surface area contributed by atoms with Crippen LogP contribution in [0.2, 0.25) is 0 Å². The van der Waals surface area contributed by atoms with E-state index in [2.05, 4.69) is 20.4 Å². The molecule has 1 aliphatic heterocycles. The lowest BCUT2D eigenvalue weighted by molar-refractivity contribution is -0.0505. The van der Waals surface area contributed by atoms with Crippen molar-refractivity contribution in [1.29, 1.82) is 0 Å². The minimum absolute atomic E-state index is 0. The number of guanidine groups is 1. The number of nitrogens with two attached hydrogens (primary N) is 1. The molecule has 0 unspecified atom stereocenters. The summed E-state index contributed by atoms with van der Waals surface area (Å²) in [6.07, 6.45) is 0. The molecule has 0 atom stereocenters. The molecule has 0 saturated carbocycles. The summed E-state index contributed by atoms with van der Waals surface area (Å²) in [6, 6.07) is 5.99. The highest BCUT2D eigenvalue weighted by Crippen LogP contribution is 2.38. The summed E-state index contributed by atoms with van der Waals surface area (Å²) in [7, 11) is 1.54. The molecule has 2 aromatic rings. The maximum absolute atomic E-state index is 12.7. The number of nitrogens with zero attached hydrogens (tertiary/aromatic N) is 1. The molecule has 0 fully saturated rings. The number of benzene rings is 1. The second-order valence-corrected chi connectivity index (χ2v) is 5.60. The first-order valence-electron chi connectivity index (χ1n) is 8.16. The van der Waals surface area contributed by atoms with Crippen LogP contribution in [0.1, 0.15) is 21.9 Å². The summed E-state index contributed by atoms with van der Waals surface area (Å²) in [5, 5.41) is 5.94. The molecule has 0 bridgehead atoms. The number of primary amides is 1. The zero-order chi connectivity index (χ0) is 20.1. The van der Waals surface area contributed by atoms with Gasteiger partial charge in [-0.25, -0.2) is 0 Å². The van der Waals surface area contributed by atoms with Crippen molar-refractivity contribution in [1.82, 2.24) is 10.6 Å². The fourth-order valence-corrected chi connectivity index (χ4v) is 2.49. The molecule has 2 heterocycles. The van der Waals surface area contributed by atoms with Crippen molar-refractivity contribution in [3.8, 4) is 17.2 Å². The van der Waals surface area contributed by atoms with E-state index in [-0.39, 0.29) is 55.4 Å². The molecular weight excluding hydrogens is 505 g/mol. The van der Waals surface area contributed by atoms with Crippen LogP contribution < -0.4 is 30.6 Å². The SMILES string of the molecule is CN=C(NCc1ccc(C(N)=O)o1)NCc1cc2c(cc1OC(F)F)OCO2.I. The molecule has 0 saturated heterocycles. The number of rotatable bonds is 7. The molecule has 158 valence electrons. The van der Waals surface area contributed by atoms with Crippen molar-refractivity contribution >= 4 is 35.8 Å². The number of amides is 1. The number of hydrogen-bond donors (Lipinski definition) is 3.